The van der Waals surface area contributed by atoms with Gasteiger partial charge < -0.3 is 9.47 Å². The molecule has 0 aliphatic rings. The van der Waals surface area contributed by atoms with Crippen LogP contribution in [0.1, 0.15) is 11.4 Å². The Morgan fingerprint density at radius 2 is 1.50 bits per heavy atom. The van der Waals surface area contributed by atoms with Crippen molar-refractivity contribution >= 4 is 15.7 Å². The molecule has 0 saturated heterocycles. The lowest BCUT2D eigenvalue weighted by Gasteiger charge is -2.13. The Balaban J connectivity index is 2.36. The molecule has 2 rings (SSSR count). The van der Waals surface area contributed by atoms with E-state index in [0.717, 1.165) is 0 Å². The molecule has 118 valence electrons. The van der Waals surface area contributed by atoms with E-state index in [9.17, 15) is 8.42 Å². The predicted octanol–water partition coefficient (Wildman–Crippen LogP) is 1.91. The minimum absolute atomic E-state index is 0.128. The van der Waals surface area contributed by atoms with E-state index in [4.69, 9.17) is 9.47 Å². The van der Waals surface area contributed by atoms with Crippen LogP contribution in [0.5, 0.6) is 11.8 Å². The molecule has 7 nitrogen and oxygen atoms in total. The fourth-order valence-corrected chi connectivity index (χ4v) is 3.05. The number of benzene rings is 1. The van der Waals surface area contributed by atoms with Crippen molar-refractivity contribution in [3.05, 3.63) is 35.7 Å². The van der Waals surface area contributed by atoms with Gasteiger partial charge in [0.05, 0.1) is 36.2 Å². The summed E-state index contributed by atoms with van der Waals surface area (Å²) in [7, 11) is -0.758. The molecule has 0 amide bonds. The molecule has 0 atom stereocenters. The van der Waals surface area contributed by atoms with Gasteiger partial charge in [-0.15, -0.1) is 0 Å². The average molecular weight is 323 g/mol. The third kappa shape index (κ3) is 3.28. The lowest BCUT2D eigenvalue weighted by Crippen LogP contribution is -2.16. The topological polar surface area (TPSA) is 90.4 Å². The highest BCUT2D eigenvalue weighted by atomic mass is 32.2. The zero-order chi connectivity index (χ0) is 16.3. The van der Waals surface area contributed by atoms with Crippen molar-refractivity contribution in [2.24, 2.45) is 0 Å². The summed E-state index contributed by atoms with van der Waals surface area (Å²) in [6.45, 7) is 3.37. The van der Waals surface area contributed by atoms with Gasteiger partial charge >= 0.3 is 6.01 Å². The van der Waals surface area contributed by atoms with Gasteiger partial charge in [0.15, 0.2) is 0 Å². The lowest BCUT2D eigenvalue weighted by molar-refractivity contribution is 0.378. The first-order valence-electron chi connectivity index (χ1n) is 6.43. The van der Waals surface area contributed by atoms with E-state index in [0.29, 0.717) is 22.8 Å². The Labute approximate surface area is 129 Å². The number of hydrogen-bond donors (Lipinski definition) is 1. The van der Waals surface area contributed by atoms with Gasteiger partial charge in [0, 0.05) is 0 Å². The molecule has 0 radical (unpaired) electrons. The number of anilines is 1. The summed E-state index contributed by atoms with van der Waals surface area (Å²) in [5, 5.41) is 0. The molecular weight excluding hydrogens is 306 g/mol. The van der Waals surface area contributed by atoms with E-state index in [-0.39, 0.29) is 10.9 Å². The second-order valence-electron chi connectivity index (χ2n) is 4.54. The summed E-state index contributed by atoms with van der Waals surface area (Å²) < 4.78 is 37.3. The number of hydrogen-bond acceptors (Lipinski definition) is 6. The maximum Gasteiger partial charge on any atom is 0.316 e. The second-order valence-corrected chi connectivity index (χ2v) is 6.22. The Hall–Kier alpha value is -2.35. The fourth-order valence-electron chi connectivity index (χ4n) is 1.87. The first-order valence-corrected chi connectivity index (χ1v) is 7.92. The summed E-state index contributed by atoms with van der Waals surface area (Å²) in [5.74, 6) is 0.582. The van der Waals surface area contributed by atoms with E-state index < -0.39 is 10.0 Å². The number of rotatable bonds is 5. The summed E-state index contributed by atoms with van der Waals surface area (Å²) in [5.41, 5.74) is 1.32. The van der Waals surface area contributed by atoms with Crippen LogP contribution in [0, 0.1) is 13.8 Å². The number of nitrogens with one attached hydrogen (secondary N) is 1. The van der Waals surface area contributed by atoms with Gasteiger partial charge in [0.2, 0.25) is 0 Å². The Bertz CT molecular complexity index is 750. The molecule has 0 aliphatic carbocycles. The van der Waals surface area contributed by atoms with Crippen molar-refractivity contribution in [1.82, 2.24) is 9.97 Å². The van der Waals surface area contributed by atoms with Crippen LogP contribution in [0.4, 0.5) is 5.69 Å². The van der Waals surface area contributed by atoms with Gasteiger partial charge in [0.25, 0.3) is 10.0 Å². The van der Waals surface area contributed by atoms with E-state index in [1.165, 1.54) is 26.4 Å². The van der Waals surface area contributed by atoms with Crippen LogP contribution in [0.3, 0.4) is 0 Å². The SMILES string of the molecule is COc1ccc(S(=O)(=O)Nc2c(C)nc(OC)nc2C)cc1. The standard InChI is InChI=1S/C14H17N3O4S/c1-9-13(10(2)16-14(15-9)21-4)17-22(18,19)12-7-5-11(20-3)6-8-12/h5-8,17H,1-4H3. The first-order chi connectivity index (χ1) is 10.4. The molecule has 8 heteroatoms. The van der Waals surface area contributed by atoms with Crippen LogP contribution in [0.2, 0.25) is 0 Å². The summed E-state index contributed by atoms with van der Waals surface area (Å²) in [4.78, 5) is 8.28. The molecule has 1 aromatic carbocycles. The number of ether oxygens (including phenoxy) is 2. The molecule has 0 bridgehead atoms. The summed E-state index contributed by atoms with van der Waals surface area (Å²) in [6, 6.07) is 6.30. The highest BCUT2D eigenvalue weighted by molar-refractivity contribution is 7.92. The summed E-state index contributed by atoms with van der Waals surface area (Å²) >= 11 is 0. The third-order valence-electron chi connectivity index (χ3n) is 3.04. The van der Waals surface area contributed by atoms with Gasteiger partial charge in [-0.05, 0) is 38.1 Å². The zero-order valence-corrected chi connectivity index (χ0v) is 13.6. The monoisotopic (exact) mass is 323 g/mol. The number of sulfonamides is 1. The van der Waals surface area contributed by atoms with Crippen LogP contribution in [0.25, 0.3) is 0 Å². The lowest BCUT2D eigenvalue weighted by atomic mass is 10.3. The maximum atomic E-state index is 12.4. The number of aryl methyl sites for hydroxylation is 2. The number of methoxy groups -OCH3 is 2. The van der Waals surface area contributed by atoms with Crippen LogP contribution >= 0.6 is 0 Å². The van der Waals surface area contributed by atoms with Crippen molar-refractivity contribution in [2.75, 3.05) is 18.9 Å². The van der Waals surface area contributed by atoms with Crippen LogP contribution in [-0.2, 0) is 10.0 Å². The van der Waals surface area contributed by atoms with E-state index >= 15 is 0 Å². The molecular formula is C14H17N3O4S. The van der Waals surface area contributed by atoms with Gasteiger partial charge in [0.1, 0.15) is 5.75 Å². The Morgan fingerprint density at radius 1 is 0.955 bits per heavy atom. The Kier molecular flexibility index (Phi) is 4.51. The highest BCUT2D eigenvalue weighted by Crippen LogP contribution is 2.24. The van der Waals surface area contributed by atoms with E-state index in [1.54, 1.807) is 26.0 Å². The predicted molar refractivity (Wildman–Crippen MR) is 81.9 cm³/mol. The third-order valence-corrected chi connectivity index (χ3v) is 4.40. The van der Waals surface area contributed by atoms with Gasteiger partial charge in [-0.1, -0.05) is 0 Å². The summed E-state index contributed by atoms with van der Waals surface area (Å²) in [6.07, 6.45) is 0. The molecule has 1 N–H and O–H groups in total. The number of aromatic nitrogens is 2. The highest BCUT2D eigenvalue weighted by Gasteiger charge is 2.18. The zero-order valence-electron chi connectivity index (χ0n) is 12.7. The van der Waals surface area contributed by atoms with E-state index in [1.807, 2.05) is 0 Å². The molecule has 0 saturated carbocycles. The van der Waals surface area contributed by atoms with Crippen molar-refractivity contribution in [3.63, 3.8) is 0 Å². The fraction of sp³-hybridized carbons (Fsp3) is 0.286. The molecule has 0 spiro atoms. The second kappa shape index (κ2) is 6.18. The van der Waals surface area contributed by atoms with Crippen molar-refractivity contribution < 1.29 is 17.9 Å². The molecule has 2 aromatic rings. The molecule has 22 heavy (non-hydrogen) atoms. The largest absolute Gasteiger partial charge is 0.497 e. The minimum atomic E-state index is -3.73. The quantitative estimate of drug-likeness (QED) is 0.904. The van der Waals surface area contributed by atoms with Crippen molar-refractivity contribution in [3.8, 4) is 11.8 Å². The first kappa shape index (κ1) is 16.0. The molecule has 0 aliphatic heterocycles. The molecule has 1 aromatic heterocycles. The Morgan fingerprint density at radius 3 is 1.95 bits per heavy atom. The van der Waals surface area contributed by atoms with Gasteiger partial charge in [-0.3, -0.25) is 4.72 Å². The van der Waals surface area contributed by atoms with Gasteiger partial charge in [-0.25, -0.2) is 8.42 Å². The maximum absolute atomic E-state index is 12.4. The van der Waals surface area contributed by atoms with Crippen LogP contribution in [0.15, 0.2) is 29.2 Å². The van der Waals surface area contributed by atoms with E-state index in [2.05, 4.69) is 14.7 Å². The average Bonchev–Trinajstić information content (AvgIpc) is 2.50. The van der Waals surface area contributed by atoms with Crippen molar-refractivity contribution in [1.29, 1.82) is 0 Å². The normalized spacial score (nSPS) is 11.1. The smallest absolute Gasteiger partial charge is 0.316 e. The molecule has 0 unspecified atom stereocenters. The minimum Gasteiger partial charge on any atom is -0.497 e. The van der Waals surface area contributed by atoms with Crippen molar-refractivity contribution in [2.45, 2.75) is 18.7 Å². The molecule has 0 fully saturated rings. The van der Waals surface area contributed by atoms with Gasteiger partial charge in [-0.2, -0.15) is 9.97 Å². The molecule has 1 heterocycles. The number of nitrogens with zero attached hydrogens (tertiary/aromatic N) is 2. The van der Waals surface area contributed by atoms with Crippen LogP contribution in [-0.4, -0.2) is 32.6 Å². The van der Waals surface area contributed by atoms with Crippen LogP contribution < -0.4 is 14.2 Å².